The highest BCUT2D eigenvalue weighted by atomic mass is 19.1. The lowest BCUT2D eigenvalue weighted by Gasteiger charge is -2.27. The zero-order valence-electron chi connectivity index (χ0n) is 11.5. The zero-order valence-corrected chi connectivity index (χ0v) is 11.5. The van der Waals surface area contributed by atoms with Crippen molar-refractivity contribution in [1.82, 2.24) is 0 Å². The van der Waals surface area contributed by atoms with E-state index in [2.05, 4.69) is 0 Å². The number of halogens is 1. The molecule has 0 atom stereocenters. The first-order valence-electron chi connectivity index (χ1n) is 6.97. The number of carboxylic acid groups (broad SMARTS) is 1. The third-order valence-corrected chi connectivity index (χ3v) is 3.69. The molecule has 1 saturated heterocycles. The Balaban J connectivity index is 2.40. The van der Waals surface area contributed by atoms with Gasteiger partial charge in [-0.2, -0.15) is 0 Å². The maximum absolute atomic E-state index is 14.1. The normalized spacial score (nSPS) is 16.1. The third-order valence-electron chi connectivity index (χ3n) is 3.69. The number of nitro benzene ring substituents is 1. The summed E-state index contributed by atoms with van der Waals surface area (Å²) < 4.78 is 14.1. The van der Waals surface area contributed by atoms with E-state index in [1.165, 1.54) is 0 Å². The fourth-order valence-electron chi connectivity index (χ4n) is 2.60. The molecule has 0 radical (unpaired) electrons. The first-order chi connectivity index (χ1) is 10.0. The summed E-state index contributed by atoms with van der Waals surface area (Å²) in [5.74, 6) is -2.16. The molecule has 1 aliphatic rings. The molecular weight excluding hydrogens is 279 g/mol. The Morgan fingerprint density at radius 1 is 1.19 bits per heavy atom. The number of carbonyl (C=O) groups is 1. The maximum Gasteiger partial charge on any atom is 0.342 e. The number of carboxylic acids is 1. The number of benzene rings is 1. The molecule has 7 heteroatoms. The molecule has 0 aromatic heterocycles. The van der Waals surface area contributed by atoms with E-state index in [0.717, 1.165) is 38.2 Å². The minimum atomic E-state index is -1.42. The Morgan fingerprint density at radius 2 is 1.76 bits per heavy atom. The summed E-state index contributed by atoms with van der Waals surface area (Å²) in [5, 5.41) is 19.9. The van der Waals surface area contributed by atoms with Gasteiger partial charge in [-0.15, -0.1) is 0 Å². The molecule has 1 aromatic rings. The lowest BCUT2D eigenvalue weighted by atomic mass is 10.1. The summed E-state index contributed by atoms with van der Waals surface area (Å²) in [6.45, 7) is 1.27. The summed E-state index contributed by atoms with van der Waals surface area (Å²) in [6.07, 6.45) is 5.06. The first kappa shape index (κ1) is 15.2. The van der Waals surface area contributed by atoms with Gasteiger partial charge in [0, 0.05) is 13.1 Å². The number of anilines is 1. The smallest absolute Gasteiger partial charge is 0.342 e. The highest BCUT2D eigenvalue weighted by molar-refractivity contribution is 5.93. The first-order valence-corrected chi connectivity index (χ1v) is 6.97. The van der Waals surface area contributed by atoms with Gasteiger partial charge in [0.25, 0.3) is 5.69 Å². The number of hydrogen-bond acceptors (Lipinski definition) is 4. The van der Waals surface area contributed by atoms with Gasteiger partial charge in [-0.25, -0.2) is 9.18 Å². The summed E-state index contributed by atoms with van der Waals surface area (Å²) >= 11 is 0. The topological polar surface area (TPSA) is 83.7 Å². The monoisotopic (exact) mass is 296 g/mol. The van der Waals surface area contributed by atoms with Crippen LogP contribution in [0.3, 0.4) is 0 Å². The summed E-state index contributed by atoms with van der Waals surface area (Å²) in [7, 11) is 0. The second-order valence-electron chi connectivity index (χ2n) is 5.14. The van der Waals surface area contributed by atoms with Crippen LogP contribution in [0.5, 0.6) is 0 Å². The Labute approximate surface area is 121 Å². The Morgan fingerprint density at radius 3 is 2.29 bits per heavy atom. The van der Waals surface area contributed by atoms with Crippen LogP contribution in [0.15, 0.2) is 12.1 Å². The number of nitro groups is 1. The molecule has 1 fully saturated rings. The van der Waals surface area contributed by atoms with Gasteiger partial charge >= 0.3 is 5.97 Å². The highest BCUT2D eigenvalue weighted by Crippen LogP contribution is 2.30. The van der Waals surface area contributed by atoms with E-state index in [0.29, 0.717) is 19.2 Å². The molecule has 6 nitrogen and oxygen atoms in total. The van der Waals surface area contributed by atoms with Gasteiger partial charge in [0.05, 0.1) is 16.7 Å². The molecule has 2 rings (SSSR count). The highest BCUT2D eigenvalue weighted by Gasteiger charge is 2.25. The Kier molecular flexibility index (Phi) is 4.72. The standard InChI is InChI=1S/C14H17FN2O4/c15-11-9-12(17(20)21)10(14(18)19)8-13(11)16-6-4-2-1-3-5-7-16/h8-9H,1-7H2,(H,18,19). The van der Waals surface area contributed by atoms with Crippen molar-refractivity contribution in [3.05, 3.63) is 33.6 Å². The Bertz CT molecular complexity index is 554. The van der Waals surface area contributed by atoms with E-state index in [9.17, 15) is 19.3 Å². The van der Waals surface area contributed by atoms with Crippen molar-refractivity contribution in [3.63, 3.8) is 0 Å². The van der Waals surface area contributed by atoms with Crippen LogP contribution in [0.1, 0.15) is 42.5 Å². The van der Waals surface area contributed by atoms with Crippen LogP contribution < -0.4 is 4.90 Å². The number of aromatic carboxylic acids is 1. The van der Waals surface area contributed by atoms with Gasteiger partial charge in [-0.1, -0.05) is 19.3 Å². The molecule has 114 valence electrons. The van der Waals surface area contributed by atoms with Crippen molar-refractivity contribution in [3.8, 4) is 0 Å². The molecule has 0 bridgehead atoms. The van der Waals surface area contributed by atoms with E-state index in [4.69, 9.17) is 5.11 Å². The predicted molar refractivity (Wildman–Crippen MR) is 75.3 cm³/mol. The second kappa shape index (κ2) is 6.51. The molecule has 1 aromatic carbocycles. The second-order valence-corrected chi connectivity index (χ2v) is 5.14. The van der Waals surface area contributed by atoms with Crippen LogP contribution in [-0.4, -0.2) is 29.1 Å². The van der Waals surface area contributed by atoms with E-state index in [1.807, 2.05) is 0 Å². The van der Waals surface area contributed by atoms with Crippen molar-refractivity contribution < 1.29 is 19.2 Å². The molecule has 21 heavy (non-hydrogen) atoms. The van der Waals surface area contributed by atoms with E-state index in [-0.39, 0.29) is 5.69 Å². The maximum atomic E-state index is 14.1. The van der Waals surface area contributed by atoms with Crippen LogP contribution in [-0.2, 0) is 0 Å². The van der Waals surface area contributed by atoms with Crippen LogP contribution in [0.2, 0.25) is 0 Å². The molecular formula is C14H17FN2O4. The lowest BCUT2D eigenvalue weighted by Crippen LogP contribution is -2.28. The zero-order chi connectivity index (χ0) is 15.4. The fourth-order valence-corrected chi connectivity index (χ4v) is 2.60. The average Bonchev–Trinajstić information content (AvgIpc) is 2.38. The van der Waals surface area contributed by atoms with E-state index in [1.54, 1.807) is 4.90 Å². The average molecular weight is 296 g/mol. The van der Waals surface area contributed by atoms with Gasteiger partial charge in [0.2, 0.25) is 0 Å². The lowest BCUT2D eigenvalue weighted by molar-refractivity contribution is -0.385. The predicted octanol–water partition coefficient (Wildman–Crippen LogP) is 3.20. The van der Waals surface area contributed by atoms with Crippen LogP contribution in [0.25, 0.3) is 0 Å². The number of hydrogen-bond donors (Lipinski definition) is 1. The molecule has 0 spiro atoms. The van der Waals surface area contributed by atoms with Gasteiger partial charge in [0.1, 0.15) is 5.56 Å². The molecule has 1 aliphatic heterocycles. The molecule has 1 heterocycles. The number of nitrogens with zero attached hydrogens (tertiary/aromatic N) is 2. The minimum Gasteiger partial charge on any atom is -0.477 e. The van der Waals surface area contributed by atoms with Gasteiger partial charge in [0.15, 0.2) is 5.82 Å². The van der Waals surface area contributed by atoms with E-state index < -0.39 is 28.0 Å². The van der Waals surface area contributed by atoms with Gasteiger partial charge < -0.3 is 10.0 Å². The van der Waals surface area contributed by atoms with Crippen LogP contribution in [0.4, 0.5) is 15.8 Å². The molecule has 0 amide bonds. The van der Waals surface area contributed by atoms with Crippen molar-refractivity contribution in [2.24, 2.45) is 0 Å². The van der Waals surface area contributed by atoms with Crippen molar-refractivity contribution in [2.75, 3.05) is 18.0 Å². The van der Waals surface area contributed by atoms with E-state index >= 15 is 0 Å². The molecule has 0 unspecified atom stereocenters. The van der Waals surface area contributed by atoms with Crippen molar-refractivity contribution >= 4 is 17.3 Å². The Hall–Kier alpha value is -2.18. The van der Waals surface area contributed by atoms with Gasteiger partial charge in [-0.05, 0) is 18.9 Å². The largest absolute Gasteiger partial charge is 0.477 e. The molecule has 0 saturated carbocycles. The molecule has 1 N–H and O–H groups in total. The number of rotatable bonds is 3. The molecule has 0 aliphatic carbocycles. The third kappa shape index (κ3) is 3.48. The van der Waals surface area contributed by atoms with Gasteiger partial charge in [-0.3, -0.25) is 10.1 Å². The summed E-state index contributed by atoms with van der Waals surface area (Å²) in [4.78, 5) is 22.9. The van der Waals surface area contributed by atoms with Crippen LogP contribution >= 0.6 is 0 Å². The fraction of sp³-hybridized carbons (Fsp3) is 0.500. The van der Waals surface area contributed by atoms with Crippen LogP contribution in [0, 0.1) is 15.9 Å². The minimum absolute atomic E-state index is 0.139. The van der Waals surface area contributed by atoms with Crippen molar-refractivity contribution in [2.45, 2.75) is 32.1 Å². The SMILES string of the molecule is O=C(O)c1cc(N2CCCCCCC2)c(F)cc1[N+](=O)[O-]. The summed E-state index contributed by atoms with van der Waals surface area (Å²) in [5.41, 5.74) is -1.05. The summed E-state index contributed by atoms with van der Waals surface area (Å²) in [6, 6.07) is 1.79. The quantitative estimate of drug-likeness (QED) is 0.684. The van der Waals surface area contributed by atoms with Crippen molar-refractivity contribution in [1.29, 1.82) is 0 Å².